The standard InChI is InChI=1S/C19H20O6/c1-12(9-15(20)10-13(2)19(22)23)7-8-24-16-5-3-14-4-6-18(21)25-17(14)11-16/h3-7,10-11,15,20H,8-9H2,1-2H3,(H,22,23)/t15-/m0/s1. The fourth-order valence-electron chi connectivity index (χ4n) is 2.24. The molecule has 0 aliphatic rings. The summed E-state index contributed by atoms with van der Waals surface area (Å²) in [6.45, 7) is 3.55. The summed E-state index contributed by atoms with van der Waals surface area (Å²) in [5.41, 5.74) is 1.01. The van der Waals surface area contributed by atoms with Crippen molar-refractivity contribution >= 4 is 16.9 Å². The van der Waals surface area contributed by atoms with Gasteiger partial charge in [-0.1, -0.05) is 5.57 Å². The van der Waals surface area contributed by atoms with Crippen molar-refractivity contribution in [2.24, 2.45) is 0 Å². The van der Waals surface area contributed by atoms with Gasteiger partial charge in [-0.2, -0.15) is 0 Å². The summed E-state index contributed by atoms with van der Waals surface area (Å²) >= 11 is 0. The monoisotopic (exact) mass is 344 g/mol. The molecule has 2 aromatic rings. The Morgan fingerprint density at radius 2 is 2.00 bits per heavy atom. The highest BCUT2D eigenvalue weighted by molar-refractivity contribution is 5.85. The third kappa shape index (κ3) is 5.61. The van der Waals surface area contributed by atoms with Crippen molar-refractivity contribution in [2.45, 2.75) is 26.4 Å². The molecule has 0 bridgehead atoms. The van der Waals surface area contributed by atoms with E-state index in [2.05, 4.69) is 0 Å². The van der Waals surface area contributed by atoms with Gasteiger partial charge in [0.2, 0.25) is 0 Å². The number of ether oxygens (including phenoxy) is 1. The van der Waals surface area contributed by atoms with Crippen LogP contribution in [0.4, 0.5) is 0 Å². The number of aliphatic hydroxyl groups is 1. The molecule has 1 aromatic heterocycles. The fraction of sp³-hybridized carbons (Fsp3) is 0.263. The maximum absolute atomic E-state index is 11.2. The van der Waals surface area contributed by atoms with Crippen LogP contribution < -0.4 is 10.4 Å². The fourth-order valence-corrected chi connectivity index (χ4v) is 2.24. The Bertz CT molecular complexity index is 875. The molecule has 25 heavy (non-hydrogen) atoms. The van der Waals surface area contributed by atoms with Crippen LogP contribution >= 0.6 is 0 Å². The number of carboxylic acids is 1. The zero-order valence-electron chi connectivity index (χ0n) is 14.1. The lowest BCUT2D eigenvalue weighted by Gasteiger charge is -2.08. The first-order valence-electron chi connectivity index (χ1n) is 7.77. The molecule has 0 amide bonds. The first kappa shape index (κ1) is 18.5. The topological polar surface area (TPSA) is 97.0 Å². The summed E-state index contributed by atoms with van der Waals surface area (Å²) in [5, 5.41) is 19.4. The Kier molecular flexibility index (Phi) is 6.14. The summed E-state index contributed by atoms with van der Waals surface area (Å²) in [5.74, 6) is -0.486. The highest BCUT2D eigenvalue weighted by Gasteiger charge is 2.06. The average Bonchev–Trinajstić information content (AvgIpc) is 2.54. The van der Waals surface area contributed by atoms with Gasteiger partial charge in [-0.25, -0.2) is 9.59 Å². The van der Waals surface area contributed by atoms with Crippen LogP contribution in [0.3, 0.4) is 0 Å². The second kappa shape index (κ2) is 8.30. The first-order chi connectivity index (χ1) is 11.8. The van der Waals surface area contributed by atoms with Crippen LogP contribution in [0.2, 0.25) is 0 Å². The van der Waals surface area contributed by atoms with E-state index in [4.69, 9.17) is 14.3 Å². The number of aliphatic hydroxyl groups excluding tert-OH is 1. The number of carbonyl (C=O) groups is 1. The highest BCUT2D eigenvalue weighted by atomic mass is 16.5. The molecule has 0 unspecified atom stereocenters. The van der Waals surface area contributed by atoms with Gasteiger partial charge in [-0.05, 0) is 50.6 Å². The van der Waals surface area contributed by atoms with Crippen LogP contribution in [-0.2, 0) is 4.79 Å². The van der Waals surface area contributed by atoms with E-state index in [1.807, 2.05) is 6.92 Å². The van der Waals surface area contributed by atoms with Gasteiger partial charge in [0.05, 0.1) is 6.10 Å². The van der Waals surface area contributed by atoms with Gasteiger partial charge in [0.1, 0.15) is 17.9 Å². The van der Waals surface area contributed by atoms with Gasteiger partial charge >= 0.3 is 11.6 Å². The molecule has 2 N–H and O–H groups in total. The van der Waals surface area contributed by atoms with Crippen molar-refractivity contribution in [3.63, 3.8) is 0 Å². The minimum atomic E-state index is -1.05. The molecular weight excluding hydrogens is 324 g/mol. The van der Waals surface area contributed by atoms with Gasteiger partial charge in [0.15, 0.2) is 0 Å². The molecule has 2 rings (SSSR count). The van der Waals surface area contributed by atoms with Crippen LogP contribution in [0.25, 0.3) is 11.0 Å². The molecule has 0 aliphatic heterocycles. The van der Waals surface area contributed by atoms with E-state index in [0.29, 0.717) is 17.8 Å². The minimum Gasteiger partial charge on any atom is -0.489 e. The van der Waals surface area contributed by atoms with E-state index in [0.717, 1.165) is 11.0 Å². The number of aliphatic carboxylic acids is 1. The molecule has 0 aliphatic carbocycles. The molecule has 6 heteroatoms. The molecule has 0 spiro atoms. The van der Waals surface area contributed by atoms with Gasteiger partial charge in [0, 0.05) is 23.1 Å². The van der Waals surface area contributed by atoms with Crippen LogP contribution in [-0.4, -0.2) is 28.9 Å². The van der Waals surface area contributed by atoms with Crippen LogP contribution in [0.15, 0.2) is 62.8 Å². The van der Waals surface area contributed by atoms with Gasteiger partial charge < -0.3 is 19.4 Å². The normalized spacial score (nSPS) is 13.7. The second-order valence-electron chi connectivity index (χ2n) is 5.74. The van der Waals surface area contributed by atoms with Gasteiger partial charge in [-0.15, -0.1) is 0 Å². The van der Waals surface area contributed by atoms with E-state index < -0.39 is 17.7 Å². The van der Waals surface area contributed by atoms with E-state index in [-0.39, 0.29) is 12.2 Å². The Morgan fingerprint density at radius 1 is 1.28 bits per heavy atom. The third-order valence-corrected chi connectivity index (χ3v) is 3.59. The molecule has 1 atom stereocenters. The van der Waals surface area contributed by atoms with Gasteiger partial charge in [0.25, 0.3) is 0 Å². The summed E-state index contributed by atoms with van der Waals surface area (Å²) < 4.78 is 10.7. The maximum atomic E-state index is 11.2. The van der Waals surface area contributed by atoms with E-state index >= 15 is 0 Å². The predicted molar refractivity (Wildman–Crippen MR) is 93.8 cm³/mol. The van der Waals surface area contributed by atoms with Gasteiger partial charge in [-0.3, -0.25) is 0 Å². The molecule has 0 saturated heterocycles. The molecule has 0 radical (unpaired) electrons. The van der Waals surface area contributed by atoms with Crippen molar-refractivity contribution in [3.05, 3.63) is 64.1 Å². The van der Waals surface area contributed by atoms with Crippen molar-refractivity contribution < 1.29 is 24.2 Å². The number of rotatable bonds is 7. The van der Waals surface area contributed by atoms with Crippen LogP contribution in [0.5, 0.6) is 5.75 Å². The number of carboxylic acid groups (broad SMARTS) is 1. The zero-order chi connectivity index (χ0) is 18.4. The summed E-state index contributed by atoms with van der Waals surface area (Å²) in [6, 6.07) is 8.27. The molecular formula is C19H20O6. The smallest absolute Gasteiger partial charge is 0.336 e. The Labute approximate surface area is 144 Å². The third-order valence-electron chi connectivity index (χ3n) is 3.59. The zero-order valence-corrected chi connectivity index (χ0v) is 14.1. The lowest BCUT2D eigenvalue weighted by atomic mass is 10.1. The minimum absolute atomic E-state index is 0.106. The molecule has 0 fully saturated rings. The Balaban J connectivity index is 1.94. The van der Waals surface area contributed by atoms with Crippen molar-refractivity contribution in [1.82, 2.24) is 0 Å². The maximum Gasteiger partial charge on any atom is 0.336 e. The second-order valence-corrected chi connectivity index (χ2v) is 5.74. The van der Waals surface area contributed by atoms with Crippen molar-refractivity contribution in [2.75, 3.05) is 6.61 Å². The lowest BCUT2D eigenvalue weighted by molar-refractivity contribution is -0.132. The predicted octanol–water partition coefficient (Wildman–Crippen LogP) is 2.90. The summed E-state index contributed by atoms with van der Waals surface area (Å²) in [7, 11) is 0. The molecule has 6 nitrogen and oxygen atoms in total. The largest absolute Gasteiger partial charge is 0.489 e. The number of hydrogen-bond acceptors (Lipinski definition) is 5. The molecule has 1 aromatic carbocycles. The molecule has 1 heterocycles. The number of benzene rings is 1. The molecule has 132 valence electrons. The van der Waals surface area contributed by atoms with E-state index in [1.54, 1.807) is 30.3 Å². The van der Waals surface area contributed by atoms with E-state index in [9.17, 15) is 14.7 Å². The molecule has 0 saturated carbocycles. The lowest BCUT2D eigenvalue weighted by Crippen LogP contribution is -2.07. The summed E-state index contributed by atoms with van der Waals surface area (Å²) in [4.78, 5) is 22.0. The Morgan fingerprint density at radius 3 is 2.72 bits per heavy atom. The van der Waals surface area contributed by atoms with Crippen molar-refractivity contribution in [1.29, 1.82) is 0 Å². The summed E-state index contributed by atoms with van der Waals surface area (Å²) in [6.07, 6.45) is 2.58. The van der Waals surface area contributed by atoms with E-state index in [1.165, 1.54) is 19.1 Å². The number of fused-ring (bicyclic) bond motifs is 1. The van der Waals surface area contributed by atoms with Crippen molar-refractivity contribution in [3.8, 4) is 5.75 Å². The average molecular weight is 344 g/mol. The van der Waals surface area contributed by atoms with Crippen LogP contribution in [0, 0.1) is 0 Å². The quantitative estimate of drug-likeness (QED) is 0.455. The SMILES string of the molecule is CC(=CCOc1ccc2ccc(=O)oc2c1)C[C@H](O)C=C(C)C(=O)O. The Hall–Kier alpha value is -2.86. The highest BCUT2D eigenvalue weighted by Crippen LogP contribution is 2.19. The first-order valence-corrected chi connectivity index (χ1v) is 7.77. The number of hydrogen-bond donors (Lipinski definition) is 2. The van der Waals surface area contributed by atoms with Crippen LogP contribution in [0.1, 0.15) is 20.3 Å².